The Morgan fingerprint density at radius 3 is 2.66 bits per heavy atom. The van der Waals surface area contributed by atoms with E-state index in [0.717, 1.165) is 44.1 Å². The normalized spacial score (nSPS) is 14.5. The molecule has 0 saturated carbocycles. The van der Waals surface area contributed by atoms with Gasteiger partial charge in [-0.2, -0.15) is 5.10 Å². The summed E-state index contributed by atoms with van der Waals surface area (Å²) >= 11 is 0. The highest BCUT2D eigenvalue weighted by molar-refractivity contribution is 5.79. The Morgan fingerprint density at radius 1 is 1.21 bits per heavy atom. The van der Waals surface area contributed by atoms with Gasteiger partial charge >= 0.3 is 0 Å². The van der Waals surface area contributed by atoms with E-state index in [-0.39, 0.29) is 5.91 Å². The van der Waals surface area contributed by atoms with E-state index in [1.54, 1.807) is 7.05 Å². The van der Waals surface area contributed by atoms with Gasteiger partial charge in [-0.05, 0) is 43.9 Å². The molecule has 7 nitrogen and oxygen atoms in total. The molecule has 0 bridgehead atoms. The van der Waals surface area contributed by atoms with Gasteiger partial charge in [0.2, 0.25) is 5.91 Å². The quantitative estimate of drug-likeness (QED) is 0.408. The summed E-state index contributed by atoms with van der Waals surface area (Å²) in [4.78, 5) is 18.2. The summed E-state index contributed by atoms with van der Waals surface area (Å²) < 4.78 is 2.04. The summed E-state index contributed by atoms with van der Waals surface area (Å²) in [6.07, 6.45) is 2.61. The maximum absolute atomic E-state index is 11.9. The first kappa shape index (κ1) is 20.9. The summed E-state index contributed by atoms with van der Waals surface area (Å²) in [6.45, 7) is 8.03. The van der Waals surface area contributed by atoms with Crippen LogP contribution in [0.4, 0.5) is 0 Å². The molecule has 156 valence electrons. The molecule has 1 saturated heterocycles. The zero-order chi connectivity index (χ0) is 20.6. The number of amides is 1. The number of hydrogen-bond donors (Lipinski definition) is 2. The van der Waals surface area contributed by atoms with Crippen molar-refractivity contribution in [2.24, 2.45) is 4.99 Å². The van der Waals surface area contributed by atoms with Crippen molar-refractivity contribution in [2.45, 2.75) is 52.7 Å². The first-order valence-corrected chi connectivity index (χ1v) is 10.4. The minimum Gasteiger partial charge on any atom is -0.356 e. The fourth-order valence-electron chi connectivity index (χ4n) is 3.70. The molecule has 0 unspecified atom stereocenters. The van der Waals surface area contributed by atoms with Gasteiger partial charge in [-0.15, -0.1) is 0 Å². The molecule has 0 radical (unpaired) electrons. The lowest BCUT2D eigenvalue weighted by atomic mass is 10.1. The van der Waals surface area contributed by atoms with Gasteiger partial charge in [-0.25, -0.2) is 0 Å². The molecule has 1 aliphatic rings. The third kappa shape index (κ3) is 5.82. The van der Waals surface area contributed by atoms with Crippen molar-refractivity contribution in [1.82, 2.24) is 25.3 Å². The summed E-state index contributed by atoms with van der Waals surface area (Å²) in [5.41, 5.74) is 4.63. The number of aliphatic imine (C=N–C) groups is 1. The number of carbonyl (C=O) groups excluding carboxylic acids is 1. The van der Waals surface area contributed by atoms with Crippen molar-refractivity contribution >= 4 is 11.9 Å². The van der Waals surface area contributed by atoms with E-state index in [2.05, 4.69) is 45.8 Å². The van der Waals surface area contributed by atoms with Crippen LogP contribution in [0, 0.1) is 13.8 Å². The third-order valence-corrected chi connectivity index (χ3v) is 5.26. The SMILES string of the molecule is CN=C(NCCCn1nc(C)cc1C)NCc1ccccc1CN1CCCC1=O. The number of likely N-dealkylation sites (tertiary alicyclic amines) is 1. The molecule has 1 amide bonds. The Hall–Kier alpha value is -2.83. The van der Waals surface area contributed by atoms with E-state index in [1.807, 2.05) is 28.6 Å². The topological polar surface area (TPSA) is 74.6 Å². The largest absolute Gasteiger partial charge is 0.356 e. The molecule has 0 aliphatic carbocycles. The van der Waals surface area contributed by atoms with Crippen LogP contribution in [0.25, 0.3) is 0 Å². The van der Waals surface area contributed by atoms with Crippen LogP contribution in [0.15, 0.2) is 35.3 Å². The molecular weight excluding hydrogens is 364 g/mol. The number of guanidine groups is 1. The number of nitrogens with zero attached hydrogens (tertiary/aromatic N) is 4. The minimum atomic E-state index is 0.257. The molecule has 2 aromatic rings. The molecule has 0 spiro atoms. The van der Waals surface area contributed by atoms with Gasteiger partial charge in [-0.1, -0.05) is 24.3 Å². The number of rotatable bonds is 8. The van der Waals surface area contributed by atoms with Crippen LogP contribution in [-0.4, -0.2) is 46.7 Å². The van der Waals surface area contributed by atoms with Crippen molar-refractivity contribution in [3.05, 3.63) is 52.8 Å². The minimum absolute atomic E-state index is 0.257. The highest BCUT2D eigenvalue weighted by Crippen LogP contribution is 2.17. The second-order valence-corrected chi connectivity index (χ2v) is 7.54. The Balaban J connectivity index is 1.47. The lowest BCUT2D eigenvalue weighted by molar-refractivity contribution is -0.128. The fourth-order valence-corrected chi connectivity index (χ4v) is 3.70. The number of nitrogens with one attached hydrogen (secondary N) is 2. The van der Waals surface area contributed by atoms with Gasteiger partial charge in [0.05, 0.1) is 5.69 Å². The lowest BCUT2D eigenvalue weighted by Gasteiger charge is -2.19. The molecule has 7 heteroatoms. The highest BCUT2D eigenvalue weighted by Gasteiger charge is 2.20. The van der Waals surface area contributed by atoms with Crippen molar-refractivity contribution in [3.8, 4) is 0 Å². The van der Waals surface area contributed by atoms with Crippen LogP contribution < -0.4 is 10.6 Å². The van der Waals surface area contributed by atoms with Gasteiger partial charge in [0.15, 0.2) is 5.96 Å². The highest BCUT2D eigenvalue weighted by atomic mass is 16.2. The molecule has 2 heterocycles. The molecule has 2 N–H and O–H groups in total. The monoisotopic (exact) mass is 396 g/mol. The van der Waals surface area contributed by atoms with Crippen molar-refractivity contribution in [3.63, 3.8) is 0 Å². The van der Waals surface area contributed by atoms with Crippen LogP contribution in [0.1, 0.15) is 41.8 Å². The van der Waals surface area contributed by atoms with Gasteiger partial charge in [0.25, 0.3) is 0 Å². The summed E-state index contributed by atoms with van der Waals surface area (Å²) in [5.74, 6) is 1.04. The molecule has 3 rings (SSSR count). The molecule has 0 atom stereocenters. The smallest absolute Gasteiger partial charge is 0.222 e. The van der Waals surface area contributed by atoms with Crippen LogP contribution >= 0.6 is 0 Å². The van der Waals surface area contributed by atoms with Crippen molar-refractivity contribution < 1.29 is 4.79 Å². The van der Waals surface area contributed by atoms with E-state index in [4.69, 9.17) is 0 Å². The summed E-state index contributed by atoms with van der Waals surface area (Å²) in [6, 6.07) is 10.4. The van der Waals surface area contributed by atoms with Crippen molar-refractivity contribution in [1.29, 1.82) is 0 Å². The third-order valence-electron chi connectivity index (χ3n) is 5.26. The first-order chi connectivity index (χ1) is 14.1. The maximum atomic E-state index is 11.9. The van der Waals surface area contributed by atoms with Crippen LogP contribution in [0.3, 0.4) is 0 Å². The van der Waals surface area contributed by atoms with E-state index in [1.165, 1.54) is 16.8 Å². The average Bonchev–Trinajstić information content (AvgIpc) is 3.26. The first-order valence-electron chi connectivity index (χ1n) is 10.4. The Morgan fingerprint density at radius 2 is 2.00 bits per heavy atom. The van der Waals surface area contributed by atoms with E-state index in [0.29, 0.717) is 19.5 Å². The fraction of sp³-hybridized carbons (Fsp3) is 0.500. The van der Waals surface area contributed by atoms with Gasteiger partial charge < -0.3 is 15.5 Å². The van der Waals surface area contributed by atoms with E-state index < -0.39 is 0 Å². The molecular formula is C22H32N6O. The lowest BCUT2D eigenvalue weighted by Crippen LogP contribution is -2.38. The van der Waals surface area contributed by atoms with Gasteiger partial charge in [0, 0.05) is 51.9 Å². The number of aromatic nitrogens is 2. The predicted molar refractivity (Wildman–Crippen MR) is 116 cm³/mol. The second-order valence-electron chi connectivity index (χ2n) is 7.54. The number of hydrogen-bond acceptors (Lipinski definition) is 3. The number of benzene rings is 1. The Kier molecular flexibility index (Phi) is 7.27. The predicted octanol–water partition coefficient (Wildman–Crippen LogP) is 2.38. The van der Waals surface area contributed by atoms with Crippen LogP contribution in [0.5, 0.6) is 0 Å². The maximum Gasteiger partial charge on any atom is 0.222 e. The van der Waals surface area contributed by atoms with Crippen LogP contribution in [-0.2, 0) is 24.4 Å². The zero-order valence-corrected chi connectivity index (χ0v) is 17.7. The zero-order valence-electron chi connectivity index (χ0n) is 17.7. The molecule has 1 fully saturated rings. The van der Waals surface area contributed by atoms with Crippen molar-refractivity contribution in [2.75, 3.05) is 20.1 Å². The molecule has 1 aromatic carbocycles. The second kappa shape index (κ2) is 10.1. The number of aryl methyl sites for hydroxylation is 3. The standard InChI is InChI=1S/C22H32N6O/c1-17-14-18(2)28(26-17)13-7-11-24-22(23-3)25-15-19-8-4-5-9-20(19)16-27-12-6-10-21(27)29/h4-5,8-9,14H,6-7,10-13,15-16H2,1-3H3,(H2,23,24,25). The molecule has 1 aliphatic heterocycles. The van der Waals surface area contributed by atoms with Crippen LogP contribution in [0.2, 0.25) is 0 Å². The molecule has 29 heavy (non-hydrogen) atoms. The summed E-state index contributed by atoms with van der Waals surface area (Å²) in [7, 11) is 1.78. The average molecular weight is 397 g/mol. The Bertz CT molecular complexity index is 857. The van der Waals surface area contributed by atoms with Gasteiger partial charge in [0.1, 0.15) is 0 Å². The summed E-state index contributed by atoms with van der Waals surface area (Å²) in [5, 5.41) is 11.3. The van der Waals surface area contributed by atoms with E-state index >= 15 is 0 Å². The Labute approximate surface area is 173 Å². The van der Waals surface area contributed by atoms with Gasteiger partial charge in [-0.3, -0.25) is 14.5 Å². The number of carbonyl (C=O) groups is 1. The van der Waals surface area contributed by atoms with E-state index in [9.17, 15) is 4.79 Å². The molecule has 1 aromatic heterocycles.